The van der Waals surface area contributed by atoms with Crippen LogP contribution in [0.25, 0.3) is 0 Å². The molecule has 2 atom stereocenters. The predicted molar refractivity (Wildman–Crippen MR) is 76.2 cm³/mol. The highest BCUT2D eigenvalue weighted by atomic mass is 19.4. The van der Waals surface area contributed by atoms with Crippen molar-refractivity contribution in [2.45, 2.75) is 76.7 Å². The van der Waals surface area contributed by atoms with Crippen LogP contribution in [0.1, 0.15) is 56.6 Å². The van der Waals surface area contributed by atoms with E-state index in [9.17, 15) is 13.2 Å². The molecule has 1 fully saturated rings. The monoisotopic (exact) mass is 316 g/mol. The van der Waals surface area contributed by atoms with Gasteiger partial charge in [-0.25, -0.2) is 0 Å². The molecule has 124 valence electrons. The van der Waals surface area contributed by atoms with E-state index in [1.54, 1.807) is 0 Å². The van der Waals surface area contributed by atoms with E-state index >= 15 is 0 Å². The van der Waals surface area contributed by atoms with E-state index in [-0.39, 0.29) is 18.9 Å². The van der Waals surface area contributed by atoms with Crippen LogP contribution < -0.4 is 5.32 Å². The number of hydrogen-bond acceptors (Lipinski definition) is 3. The summed E-state index contributed by atoms with van der Waals surface area (Å²) < 4.78 is 40.7. The van der Waals surface area contributed by atoms with Crippen molar-refractivity contribution in [3.05, 3.63) is 11.6 Å². The number of fused-ring (bicyclic) bond motifs is 1. The van der Waals surface area contributed by atoms with Gasteiger partial charge < -0.3 is 9.88 Å². The van der Waals surface area contributed by atoms with Crippen molar-refractivity contribution in [3.63, 3.8) is 0 Å². The zero-order valence-corrected chi connectivity index (χ0v) is 12.7. The molecule has 7 heteroatoms. The Bertz CT molecular complexity index is 497. The second-order valence-corrected chi connectivity index (χ2v) is 6.48. The number of nitrogens with one attached hydrogen (secondary N) is 1. The number of alkyl halides is 3. The van der Waals surface area contributed by atoms with Crippen molar-refractivity contribution in [3.8, 4) is 0 Å². The van der Waals surface area contributed by atoms with Gasteiger partial charge in [0.1, 0.15) is 11.6 Å². The van der Waals surface area contributed by atoms with Gasteiger partial charge in [-0.3, -0.25) is 0 Å². The first-order valence-corrected chi connectivity index (χ1v) is 8.25. The van der Waals surface area contributed by atoms with Crippen molar-refractivity contribution >= 4 is 0 Å². The average molecular weight is 316 g/mol. The van der Waals surface area contributed by atoms with Gasteiger partial charge in [0.25, 0.3) is 0 Å². The number of rotatable bonds is 3. The van der Waals surface area contributed by atoms with Crippen molar-refractivity contribution in [2.24, 2.45) is 5.92 Å². The maximum atomic E-state index is 12.8. The average Bonchev–Trinajstić information content (AvgIpc) is 2.72. The minimum atomic E-state index is -4.06. The van der Waals surface area contributed by atoms with Gasteiger partial charge in [0.05, 0.1) is 12.5 Å². The highest BCUT2D eigenvalue weighted by Gasteiger charge is 2.42. The van der Waals surface area contributed by atoms with Crippen LogP contribution in [-0.2, 0) is 19.5 Å². The van der Waals surface area contributed by atoms with Gasteiger partial charge in [-0.1, -0.05) is 12.8 Å². The Morgan fingerprint density at radius 2 is 1.95 bits per heavy atom. The van der Waals surface area contributed by atoms with Gasteiger partial charge in [0.2, 0.25) is 0 Å². The Morgan fingerprint density at radius 1 is 1.09 bits per heavy atom. The first-order chi connectivity index (χ1) is 10.5. The molecule has 0 radical (unpaired) electrons. The van der Waals surface area contributed by atoms with E-state index in [0.717, 1.165) is 43.9 Å². The standard InChI is InChI=1S/C15H23F3N4/c16-15(17,18)11-5-4-6-12(9-11)19-10-14-21-20-13-7-2-1-3-8-22(13)14/h11-12,19H,1-10H2/t11-,12-/m1/s1. The van der Waals surface area contributed by atoms with Gasteiger partial charge in [-0.15, -0.1) is 10.2 Å². The lowest BCUT2D eigenvalue weighted by molar-refractivity contribution is -0.183. The normalized spacial score (nSPS) is 26.5. The summed E-state index contributed by atoms with van der Waals surface area (Å²) in [4.78, 5) is 0. The summed E-state index contributed by atoms with van der Waals surface area (Å²) in [6.07, 6.45) is 2.25. The van der Waals surface area contributed by atoms with E-state index < -0.39 is 12.1 Å². The van der Waals surface area contributed by atoms with Crippen LogP contribution in [0.3, 0.4) is 0 Å². The van der Waals surface area contributed by atoms with Crippen LogP contribution in [0.15, 0.2) is 0 Å². The molecule has 0 spiro atoms. The third-order valence-corrected chi connectivity index (χ3v) is 4.87. The van der Waals surface area contributed by atoms with Crippen LogP contribution >= 0.6 is 0 Å². The molecule has 0 unspecified atom stereocenters. The summed E-state index contributed by atoms with van der Waals surface area (Å²) in [5.41, 5.74) is 0. The minimum Gasteiger partial charge on any atom is -0.314 e. The summed E-state index contributed by atoms with van der Waals surface area (Å²) in [6, 6.07) is -0.0703. The lowest BCUT2D eigenvalue weighted by Gasteiger charge is -2.31. The van der Waals surface area contributed by atoms with Crippen LogP contribution in [0, 0.1) is 5.92 Å². The highest BCUT2D eigenvalue weighted by Crippen LogP contribution is 2.37. The zero-order chi connectivity index (χ0) is 15.6. The number of halogens is 3. The summed E-state index contributed by atoms with van der Waals surface area (Å²) in [5, 5.41) is 11.7. The second kappa shape index (κ2) is 6.56. The molecular formula is C15H23F3N4. The Hall–Kier alpha value is -1.11. The first-order valence-electron chi connectivity index (χ1n) is 8.25. The molecule has 1 aliphatic carbocycles. The SMILES string of the molecule is FC(F)(F)[C@@H]1CCC[C@@H](NCc2nnc3n2CCCCC3)C1. The molecule has 0 amide bonds. The molecular weight excluding hydrogens is 293 g/mol. The number of aryl methyl sites for hydroxylation is 1. The molecule has 2 heterocycles. The topological polar surface area (TPSA) is 42.7 Å². The largest absolute Gasteiger partial charge is 0.391 e. The Morgan fingerprint density at radius 3 is 2.77 bits per heavy atom. The summed E-state index contributed by atoms with van der Waals surface area (Å²) in [7, 11) is 0. The van der Waals surface area contributed by atoms with Crippen molar-refractivity contribution in [1.29, 1.82) is 0 Å². The lowest BCUT2D eigenvalue weighted by Crippen LogP contribution is -2.38. The fourth-order valence-electron chi connectivity index (χ4n) is 3.58. The summed E-state index contributed by atoms with van der Waals surface area (Å²) >= 11 is 0. The number of aromatic nitrogens is 3. The van der Waals surface area contributed by atoms with Crippen LogP contribution in [0.4, 0.5) is 13.2 Å². The van der Waals surface area contributed by atoms with Crippen LogP contribution in [0.2, 0.25) is 0 Å². The number of hydrogen-bond donors (Lipinski definition) is 1. The van der Waals surface area contributed by atoms with Gasteiger partial charge in [-0.05, 0) is 32.1 Å². The van der Waals surface area contributed by atoms with E-state index in [0.29, 0.717) is 13.0 Å². The molecule has 1 N–H and O–H groups in total. The molecule has 1 aliphatic heterocycles. The predicted octanol–water partition coefficient (Wildman–Crippen LogP) is 3.22. The molecule has 2 aliphatic rings. The molecule has 0 aromatic carbocycles. The molecule has 0 bridgehead atoms. The zero-order valence-electron chi connectivity index (χ0n) is 12.7. The van der Waals surface area contributed by atoms with E-state index in [1.165, 1.54) is 6.42 Å². The minimum absolute atomic E-state index is 0.0703. The Kier molecular flexibility index (Phi) is 4.70. The quantitative estimate of drug-likeness (QED) is 0.931. The molecule has 1 saturated carbocycles. The van der Waals surface area contributed by atoms with E-state index in [4.69, 9.17) is 0 Å². The molecule has 1 aromatic rings. The molecule has 4 nitrogen and oxygen atoms in total. The second-order valence-electron chi connectivity index (χ2n) is 6.48. The lowest BCUT2D eigenvalue weighted by atomic mass is 9.85. The van der Waals surface area contributed by atoms with Crippen LogP contribution in [0.5, 0.6) is 0 Å². The first kappa shape index (κ1) is 15.8. The van der Waals surface area contributed by atoms with Crippen molar-refractivity contribution in [1.82, 2.24) is 20.1 Å². The van der Waals surface area contributed by atoms with E-state index in [2.05, 4.69) is 20.1 Å². The fraction of sp³-hybridized carbons (Fsp3) is 0.867. The maximum Gasteiger partial charge on any atom is 0.391 e. The Balaban J connectivity index is 1.57. The summed E-state index contributed by atoms with van der Waals surface area (Å²) in [5.74, 6) is 0.728. The smallest absolute Gasteiger partial charge is 0.314 e. The van der Waals surface area contributed by atoms with Gasteiger partial charge in [0, 0.05) is 19.0 Å². The third-order valence-electron chi connectivity index (χ3n) is 4.87. The van der Waals surface area contributed by atoms with Crippen molar-refractivity contribution < 1.29 is 13.2 Å². The molecule has 0 saturated heterocycles. The fourth-order valence-corrected chi connectivity index (χ4v) is 3.58. The molecule has 1 aromatic heterocycles. The summed E-state index contributed by atoms with van der Waals surface area (Å²) in [6.45, 7) is 1.44. The van der Waals surface area contributed by atoms with Gasteiger partial charge >= 0.3 is 6.18 Å². The van der Waals surface area contributed by atoms with Gasteiger partial charge in [0.15, 0.2) is 0 Å². The van der Waals surface area contributed by atoms with Crippen LogP contribution in [-0.4, -0.2) is 27.0 Å². The third kappa shape index (κ3) is 3.62. The number of nitrogens with zero attached hydrogens (tertiary/aromatic N) is 3. The van der Waals surface area contributed by atoms with Gasteiger partial charge in [-0.2, -0.15) is 13.2 Å². The Labute approximate surface area is 128 Å². The maximum absolute atomic E-state index is 12.8. The molecule has 3 rings (SSSR count). The van der Waals surface area contributed by atoms with E-state index in [1.807, 2.05) is 0 Å². The van der Waals surface area contributed by atoms with Crippen molar-refractivity contribution in [2.75, 3.05) is 0 Å². The highest BCUT2D eigenvalue weighted by molar-refractivity contribution is 4.98. The molecule has 22 heavy (non-hydrogen) atoms.